The van der Waals surface area contributed by atoms with E-state index in [1.54, 1.807) is 37.3 Å². The fourth-order valence-corrected chi connectivity index (χ4v) is 4.15. The van der Waals surface area contributed by atoms with Crippen LogP contribution in [-0.4, -0.2) is 36.1 Å². The van der Waals surface area contributed by atoms with Crippen molar-refractivity contribution in [2.75, 3.05) is 24.4 Å². The fourth-order valence-electron chi connectivity index (χ4n) is 4.03. The summed E-state index contributed by atoms with van der Waals surface area (Å²) in [5.74, 6) is -5.42. The van der Waals surface area contributed by atoms with Gasteiger partial charge in [0.15, 0.2) is 0 Å². The molecule has 1 heterocycles. The standard InChI is InChI=1S/C26H23ClFN3O6/c1-3-37-26(35)23-21(24(33)29-15-6-4-14(27)5-7-15)22(23)25(34)30-19-9-8-16(12-18(19)28)31-11-10-17(36-2)13-20(31)32/h4-13,21-23H,3H2,1-2H3,(H,29,33)(H,30,34)/t21-,22+,23+/m1/s1. The first-order valence-electron chi connectivity index (χ1n) is 11.3. The lowest BCUT2D eigenvalue weighted by molar-refractivity contribution is -0.146. The second kappa shape index (κ2) is 10.8. The third-order valence-electron chi connectivity index (χ3n) is 5.91. The molecule has 0 unspecified atom stereocenters. The van der Waals surface area contributed by atoms with E-state index in [-0.39, 0.29) is 18.0 Å². The first-order valence-corrected chi connectivity index (χ1v) is 11.7. The maximum Gasteiger partial charge on any atom is 0.310 e. The van der Waals surface area contributed by atoms with E-state index >= 15 is 0 Å². The summed E-state index contributed by atoms with van der Waals surface area (Å²) in [6.07, 6.45) is 1.44. The molecule has 11 heteroatoms. The summed E-state index contributed by atoms with van der Waals surface area (Å²) in [6, 6.07) is 13.0. The van der Waals surface area contributed by atoms with Gasteiger partial charge in [-0.1, -0.05) is 11.6 Å². The number of carbonyl (C=O) groups excluding carboxylic acids is 3. The molecule has 1 aromatic heterocycles. The molecule has 192 valence electrons. The van der Waals surface area contributed by atoms with Crippen molar-refractivity contribution < 1.29 is 28.2 Å². The molecule has 1 saturated carbocycles. The molecule has 0 radical (unpaired) electrons. The summed E-state index contributed by atoms with van der Waals surface area (Å²) in [7, 11) is 1.43. The van der Waals surface area contributed by atoms with Gasteiger partial charge in [-0.3, -0.25) is 23.7 Å². The number of benzene rings is 2. The Labute approximate surface area is 216 Å². The van der Waals surface area contributed by atoms with Crippen molar-refractivity contribution in [3.8, 4) is 11.4 Å². The highest BCUT2D eigenvalue weighted by atomic mass is 35.5. The minimum absolute atomic E-state index is 0.0794. The molecule has 0 bridgehead atoms. The average Bonchev–Trinajstić information content (AvgIpc) is 3.63. The second-order valence-corrected chi connectivity index (χ2v) is 8.69. The Bertz CT molecular complexity index is 1410. The number of pyridine rings is 1. The Balaban J connectivity index is 1.50. The van der Waals surface area contributed by atoms with Gasteiger partial charge in [0, 0.05) is 29.0 Å². The first-order chi connectivity index (χ1) is 17.7. The molecule has 2 aromatic carbocycles. The lowest BCUT2D eigenvalue weighted by atomic mass is 10.2. The van der Waals surface area contributed by atoms with Crippen LogP contribution in [-0.2, 0) is 19.1 Å². The summed E-state index contributed by atoms with van der Waals surface area (Å²) in [4.78, 5) is 50.5. The zero-order chi connectivity index (χ0) is 26.7. The molecule has 3 atom stereocenters. The van der Waals surface area contributed by atoms with Gasteiger partial charge < -0.3 is 20.1 Å². The van der Waals surface area contributed by atoms with Crippen LogP contribution < -0.4 is 20.9 Å². The van der Waals surface area contributed by atoms with Crippen LogP contribution in [0.5, 0.6) is 5.75 Å². The maximum atomic E-state index is 14.9. The van der Waals surface area contributed by atoms with Crippen molar-refractivity contribution in [2.24, 2.45) is 17.8 Å². The summed E-state index contributed by atoms with van der Waals surface area (Å²) >= 11 is 5.86. The molecule has 37 heavy (non-hydrogen) atoms. The fraction of sp³-hybridized carbons (Fsp3) is 0.231. The number of hydrogen-bond donors (Lipinski definition) is 2. The Morgan fingerprint density at radius 2 is 1.65 bits per heavy atom. The SMILES string of the molecule is CCOC(=O)[C@H]1[C@H](C(=O)Nc2ccc(Cl)cc2)[C@@H]1C(=O)Nc1ccc(-n2ccc(OC)cc2=O)cc1F. The number of anilines is 2. The molecular formula is C26H23ClFN3O6. The van der Waals surface area contributed by atoms with Crippen LogP contribution in [0.2, 0.25) is 5.02 Å². The number of hydrogen-bond acceptors (Lipinski definition) is 6. The van der Waals surface area contributed by atoms with Gasteiger partial charge in [0.05, 0.1) is 42.8 Å². The summed E-state index contributed by atoms with van der Waals surface area (Å²) < 4.78 is 26.1. The summed E-state index contributed by atoms with van der Waals surface area (Å²) in [5.41, 5.74) is 0.0830. The second-order valence-electron chi connectivity index (χ2n) is 8.25. The minimum atomic E-state index is -1.05. The summed E-state index contributed by atoms with van der Waals surface area (Å²) in [5, 5.41) is 5.58. The molecule has 1 aliphatic carbocycles. The monoisotopic (exact) mass is 527 g/mol. The van der Waals surface area contributed by atoms with Gasteiger partial charge in [-0.2, -0.15) is 0 Å². The number of aromatic nitrogens is 1. The van der Waals surface area contributed by atoms with Gasteiger partial charge >= 0.3 is 5.97 Å². The van der Waals surface area contributed by atoms with Crippen molar-refractivity contribution in [3.63, 3.8) is 0 Å². The predicted molar refractivity (Wildman–Crippen MR) is 134 cm³/mol. The van der Waals surface area contributed by atoms with E-state index < -0.39 is 46.9 Å². The topological polar surface area (TPSA) is 116 Å². The molecule has 4 rings (SSSR count). The molecular weight excluding hydrogens is 505 g/mol. The number of ether oxygens (including phenoxy) is 2. The summed E-state index contributed by atoms with van der Waals surface area (Å²) in [6.45, 7) is 1.69. The van der Waals surface area contributed by atoms with Crippen LogP contribution in [0.3, 0.4) is 0 Å². The quantitative estimate of drug-likeness (QED) is 0.432. The van der Waals surface area contributed by atoms with E-state index in [1.807, 2.05) is 0 Å². The molecule has 0 saturated heterocycles. The van der Waals surface area contributed by atoms with Crippen molar-refractivity contribution >= 4 is 40.8 Å². The molecule has 2 N–H and O–H groups in total. The van der Waals surface area contributed by atoms with E-state index in [1.165, 1.54) is 36.1 Å². The van der Waals surface area contributed by atoms with E-state index in [0.717, 1.165) is 6.07 Å². The number of methoxy groups -OCH3 is 1. The van der Waals surface area contributed by atoms with Gasteiger partial charge in [0.1, 0.15) is 11.6 Å². The Morgan fingerprint density at radius 3 is 2.24 bits per heavy atom. The normalized spacial score (nSPS) is 18.0. The molecule has 0 spiro atoms. The van der Waals surface area contributed by atoms with Crippen LogP contribution in [0, 0.1) is 23.6 Å². The van der Waals surface area contributed by atoms with Gasteiger partial charge in [0.2, 0.25) is 11.8 Å². The third-order valence-corrected chi connectivity index (χ3v) is 6.16. The highest BCUT2D eigenvalue weighted by Gasteiger charge is 2.63. The number of nitrogens with one attached hydrogen (secondary N) is 2. The van der Waals surface area contributed by atoms with Crippen LogP contribution in [0.15, 0.2) is 65.6 Å². The zero-order valence-corrected chi connectivity index (χ0v) is 20.6. The van der Waals surface area contributed by atoms with Gasteiger partial charge in [-0.25, -0.2) is 4.39 Å². The predicted octanol–water partition coefficient (Wildman–Crippen LogP) is 3.64. The Hall–Kier alpha value is -4.18. The van der Waals surface area contributed by atoms with Crippen LogP contribution in [0.1, 0.15) is 6.92 Å². The lowest BCUT2D eigenvalue weighted by Crippen LogP contribution is -2.21. The molecule has 9 nitrogen and oxygen atoms in total. The number of rotatable bonds is 8. The van der Waals surface area contributed by atoms with Crippen molar-refractivity contribution in [1.29, 1.82) is 0 Å². The smallest absolute Gasteiger partial charge is 0.310 e. The third kappa shape index (κ3) is 5.64. The maximum absolute atomic E-state index is 14.9. The van der Waals surface area contributed by atoms with Gasteiger partial charge in [0.25, 0.3) is 5.56 Å². The van der Waals surface area contributed by atoms with E-state index in [9.17, 15) is 23.6 Å². The molecule has 1 fully saturated rings. The number of amides is 2. The molecule has 3 aromatic rings. The molecule has 0 aliphatic heterocycles. The Kier molecular flexibility index (Phi) is 7.58. The highest BCUT2D eigenvalue weighted by molar-refractivity contribution is 6.30. The van der Waals surface area contributed by atoms with Crippen LogP contribution in [0.25, 0.3) is 5.69 Å². The van der Waals surface area contributed by atoms with E-state index in [0.29, 0.717) is 16.5 Å². The average molecular weight is 528 g/mol. The number of nitrogens with zero attached hydrogens (tertiary/aromatic N) is 1. The van der Waals surface area contributed by atoms with Crippen LogP contribution in [0.4, 0.5) is 15.8 Å². The van der Waals surface area contributed by atoms with Crippen molar-refractivity contribution in [1.82, 2.24) is 4.57 Å². The number of carbonyl (C=O) groups is 3. The van der Waals surface area contributed by atoms with Gasteiger partial charge in [-0.05, 0) is 49.4 Å². The van der Waals surface area contributed by atoms with Crippen molar-refractivity contribution in [3.05, 3.63) is 82.0 Å². The number of esters is 1. The first kappa shape index (κ1) is 25.9. The van der Waals surface area contributed by atoms with Gasteiger partial charge in [-0.15, -0.1) is 0 Å². The van der Waals surface area contributed by atoms with Crippen molar-refractivity contribution in [2.45, 2.75) is 6.92 Å². The number of halogens is 2. The minimum Gasteiger partial charge on any atom is -0.497 e. The zero-order valence-electron chi connectivity index (χ0n) is 19.9. The largest absolute Gasteiger partial charge is 0.497 e. The lowest BCUT2D eigenvalue weighted by Gasteiger charge is -2.10. The molecule has 2 amide bonds. The Morgan fingerprint density at radius 1 is 0.973 bits per heavy atom. The highest BCUT2D eigenvalue weighted by Crippen LogP contribution is 2.48. The van der Waals surface area contributed by atoms with E-state index in [4.69, 9.17) is 21.1 Å². The van der Waals surface area contributed by atoms with Crippen LogP contribution >= 0.6 is 11.6 Å². The molecule has 1 aliphatic rings. The van der Waals surface area contributed by atoms with E-state index in [2.05, 4.69) is 10.6 Å².